The summed E-state index contributed by atoms with van der Waals surface area (Å²) < 4.78 is 99.9. The van der Waals surface area contributed by atoms with Crippen molar-refractivity contribution in [2.24, 2.45) is 0 Å². The molecule has 1 nitrogen and oxygen atoms in total. The average molecular weight is 488 g/mol. The summed E-state index contributed by atoms with van der Waals surface area (Å²) in [6, 6.07) is 16.7. The Hall–Kier alpha value is -3.99. The van der Waals surface area contributed by atoms with E-state index in [-0.39, 0.29) is 10.8 Å². The van der Waals surface area contributed by atoms with Gasteiger partial charge in [0.2, 0.25) is 0 Å². The third-order valence-corrected chi connectivity index (χ3v) is 5.18. The number of hydrogen-bond acceptors (Lipinski definition) is 1. The monoisotopic (exact) mass is 488 g/mol. The van der Waals surface area contributed by atoms with E-state index in [9.17, 15) is 30.7 Å². The molecule has 0 aliphatic rings. The van der Waals surface area contributed by atoms with Crippen molar-refractivity contribution in [2.45, 2.75) is 19.2 Å². The van der Waals surface area contributed by atoms with Crippen LogP contribution in [0.2, 0.25) is 0 Å². The largest absolute Gasteiger partial charge is 0.458 e. The number of halogens is 7. The van der Waals surface area contributed by atoms with Crippen LogP contribution >= 0.6 is 0 Å². The van der Waals surface area contributed by atoms with E-state index < -0.39 is 40.8 Å². The van der Waals surface area contributed by atoms with Crippen molar-refractivity contribution in [3.05, 3.63) is 101 Å². The molecule has 0 atom stereocenters. The number of rotatable bonds is 4. The summed E-state index contributed by atoms with van der Waals surface area (Å²) in [5.74, 6) is -0.843. The Morgan fingerprint density at radius 1 is 0.743 bits per heavy atom. The topological polar surface area (TPSA) is 9.23 Å². The summed E-state index contributed by atoms with van der Waals surface area (Å²) in [7, 11) is 0. The smallest absolute Gasteiger partial charge is 0.429 e. The Balaban J connectivity index is 1.60. The Morgan fingerprint density at radius 3 is 1.94 bits per heavy atom. The lowest BCUT2D eigenvalue weighted by atomic mass is 10.0. The molecule has 0 radical (unpaired) electrons. The molecule has 0 aliphatic heterocycles. The second-order valence-corrected chi connectivity index (χ2v) is 7.74. The van der Waals surface area contributed by atoms with Crippen molar-refractivity contribution in [3.63, 3.8) is 0 Å². The van der Waals surface area contributed by atoms with Crippen LogP contribution in [-0.4, -0.2) is 6.18 Å². The van der Waals surface area contributed by atoms with Crippen LogP contribution in [0, 0.1) is 30.4 Å². The van der Waals surface area contributed by atoms with Gasteiger partial charge in [0.15, 0.2) is 0 Å². The fraction of sp³-hybridized carbons (Fsp3) is 0.111. The normalized spacial score (nSPS) is 11.8. The van der Waals surface area contributed by atoms with Gasteiger partial charge in [0.25, 0.3) is 0 Å². The number of alkyl halides is 5. The van der Waals surface area contributed by atoms with E-state index in [0.29, 0.717) is 6.07 Å². The highest BCUT2D eigenvalue weighted by Gasteiger charge is 2.34. The number of aryl methyl sites for hydroxylation is 1. The van der Waals surface area contributed by atoms with Crippen LogP contribution in [0.4, 0.5) is 30.7 Å². The molecule has 4 rings (SSSR count). The lowest BCUT2D eigenvalue weighted by molar-refractivity contribution is -0.185. The van der Waals surface area contributed by atoms with Gasteiger partial charge in [-0.05, 0) is 59.8 Å². The highest BCUT2D eigenvalue weighted by Crippen LogP contribution is 2.35. The van der Waals surface area contributed by atoms with Gasteiger partial charge in [-0.25, -0.2) is 8.78 Å². The van der Waals surface area contributed by atoms with Gasteiger partial charge in [-0.15, -0.1) is 0 Å². The maximum absolute atomic E-state index is 14.8. The molecule has 0 aliphatic carbocycles. The Morgan fingerprint density at radius 2 is 1.34 bits per heavy atom. The maximum Gasteiger partial charge on any atom is 0.458 e. The summed E-state index contributed by atoms with van der Waals surface area (Å²) in [6.45, 7) is 1.93. The zero-order chi connectivity index (χ0) is 25.4. The van der Waals surface area contributed by atoms with Crippen LogP contribution in [0.5, 0.6) is 5.75 Å². The molecule has 35 heavy (non-hydrogen) atoms. The first kappa shape index (κ1) is 24.1. The van der Waals surface area contributed by atoms with E-state index in [1.54, 1.807) is 0 Å². The van der Waals surface area contributed by atoms with Crippen molar-refractivity contribution in [1.82, 2.24) is 0 Å². The lowest BCUT2D eigenvalue weighted by Gasteiger charge is -2.19. The van der Waals surface area contributed by atoms with Crippen molar-refractivity contribution < 1.29 is 35.5 Å². The molecule has 0 saturated carbocycles. The molecular weight excluding hydrogens is 473 g/mol. The van der Waals surface area contributed by atoms with Crippen molar-refractivity contribution in [2.75, 3.05) is 0 Å². The number of fused-ring (bicyclic) bond motifs is 1. The summed E-state index contributed by atoms with van der Waals surface area (Å²) in [5.41, 5.74) is 1.13. The minimum Gasteiger partial charge on any atom is -0.429 e. The van der Waals surface area contributed by atoms with Gasteiger partial charge < -0.3 is 4.74 Å². The van der Waals surface area contributed by atoms with E-state index in [4.69, 9.17) is 4.74 Å². The standard InChI is InChI=1S/C27H15F7O/c1-16-2-4-17(5-3-16)18-6-8-20(9-7-18)27(33,34)35-21-10-11-22-19(14-21)15-24(28)23(25(22)29)12-13-26(30,31)32/h2-11,14-15H,1H3. The van der Waals surface area contributed by atoms with Gasteiger partial charge in [-0.1, -0.05) is 47.9 Å². The third kappa shape index (κ3) is 5.40. The first-order valence-corrected chi connectivity index (χ1v) is 10.2. The second-order valence-electron chi connectivity index (χ2n) is 7.74. The second kappa shape index (κ2) is 8.99. The fourth-order valence-electron chi connectivity index (χ4n) is 3.43. The molecule has 178 valence electrons. The van der Waals surface area contributed by atoms with Crippen molar-refractivity contribution in [3.8, 4) is 28.7 Å². The van der Waals surface area contributed by atoms with Crippen LogP contribution in [0.1, 0.15) is 16.7 Å². The molecule has 8 heteroatoms. The van der Waals surface area contributed by atoms with Crippen LogP contribution in [0.15, 0.2) is 72.8 Å². The van der Waals surface area contributed by atoms with Gasteiger partial charge in [-0.2, -0.15) is 22.0 Å². The molecule has 0 fully saturated rings. The average Bonchev–Trinajstić information content (AvgIpc) is 2.78. The Labute approximate surface area is 195 Å². The summed E-state index contributed by atoms with van der Waals surface area (Å²) >= 11 is 0. The van der Waals surface area contributed by atoms with Gasteiger partial charge in [0, 0.05) is 11.3 Å². The zero-order valence-corrected chi connectivity index (χ0v) is 18.0. The van der Waals surface area contributed by atoms with E-state index in [1.165, 1.54) is 30.2 Å². The first-order chi connectivity index (χ1) is 16.4. The fourth-order valence-corrected chi connectivity index (χ4v) is 3.43. The molecule has 4 aromatic carbocycles. The molecule has 0 bridgehead atoms. The van der Waals surface area contributed by atoms with Gasteiger partial charge >= 0.3 is 12.3 Å². The zero-order valence-electron chi connectivity index (χ0n) is 18.0. The summed E-state index contributed by atoms with van der Waals surface area (Å²) in [5, 5.41) is -0.475. The van der Waals surface area contributed by atoms with Gasteiger partial charge in [0.1, 0.15) is 17.4 Å². The Bertz CT molecular complexity index is 1440. The SMILES string of the molecule is Cc1ccc(-c2ccc(C(F)(F)Oc3ccc4c(F)c(C#CC(F)(F)F)c(F)cc4c3)cc2)cc1. The molecule has 0 saturated heterocycles. The Kier molecular flexibility index (Phi) is 6.20. The van der Waals surface area contributed by atoms with Crippen LogP contribution in [0.25, 0.3) is 21.9 Å². The quantitative estimate of drug-likeness (QED) is 0.208. The number of benzene rings is 4. The molecule has 0 aromatic heterocycles. The van der Waals surface area contributed by atoms with Gasteiger partial charge in [-0.3, -0.25) is 0 Å². The molecule has 0 spiro atoms. The molecule has 0 N–H and O–H groups in total. The molecule has 0 amide bonds. The molecule has 0 heterocycles. The minimum absolute atomic E-state index is 0.180. The molecule has 4 aromatic rings. The van der Waals surface area contributed by atoms with E-state index in [2.05, 4.69) is 0 Å². The lowest BCUT2D eigenvalue weighted by Crippen LogP contribution is -2.21. The third-order valence-electron chi connectivity index (χ3n) is 5.18. The van der Waals surface area contributed by atoms with E-state index in [1.807, 2.05) is 31.2 Å². The van der Waals surface area contributed by atoms with E-state index in [0.717, 1.165) is 40.8 Å². The molecular formula is C27H15F7O. The van der Waals surface area contributed by atoms with Gasteiger partial charge in [0.05, 0.1) is 11.1 Å². The first-order valence-electron chi connectivity index (χ1n) is 10.2. The maximum atomic E-state index is 14.8. The summed E-state index contributed by atoms with van der Waals surface area (Å²) in [4.78, 5) is 0. The van der Waals surface area contributed by atoms with Crippen molar-refractivity contribution in [1.29, 1.82) is 0 Å². The van der Waals surface area contributed by atoms with E-state index >= 15 is 0 Å². The molecule has 0 unspecified atom stereocenters. The van der Waals surface area contributed by atoms with Crippen molar-refractivity contribution >= 4 is 10.8 Å². The number of ether oxygens (including phenoxy) is 1. The predicted octanol–water partition coefficient (Wildman–Crippen LogP) is 8.14. The van der Waals surface area contributed by atoms with Crippen LogP contribution in [0.3, 0.4) is 0 Å². The van der Waals surface area contributed by atoms with Crippen LogP contribution < -0.4 is 4.74 Å². The number of hydrogen-bond donors (Lipinski definition) is 0. The highest BCUT2D eigenvalue weighted by molar-refractivity contribution is 5.86. The highest BCUT2D eigenvalue weighted by atomic mass is 19.4. The van der Waals surface area contributed by atoms with Crippen LogP contribution in [-0.2, 0) is 6.11 Å². The summed E-state index contributed by atoms with van der Waals surface area (Å²) in [6.07, 6.45) is -8.70. The minimum atomic E-state index is -4.94. The predicted molar refractivity (Wildman–Crippen MR) is 118 cm³/mol.